The average Bonchev–Trinajstić information content (AvgIpc) is 2.89. The summed E-state index contributed by atoms with van der Waals surface area (Å²) in [6, 6.07) is 7.62. The Morgan fingerprint density at radius 1 is 1.33 bits per heavy atom. The number of carbonyl (C=O) groups excluding carboxylic acids is 1. The van der Waals surface area contributed by atoms with E-state index in [0.29, 0.717) is 0 Å². The highest BCUT2D eigenvalue weighted by molar-refractivity contribution is 5.80. The van der Waals surface area contributed by atoms with E-state index in [9.17, 15) is 9.90 Å². The number of aliphatic hydroxyl groups is 1. The van der Waals surface area contributed by atoms with Crippen molar-refractivity contribution in [3.8, 4) is 5.75 Å². The molecule has 116 valence electrons. The Kier molecular flexibility index (Phi) is 5.23. The molecule has 0 bridgehead atoms. The van der Waals surface area contributed by atoms with Gasteiger partial charge >= 0.3 is 0 Å². The molecule has 0 saturated heterocycles. The number of ether oxygens (including phenoxy) is 1. The van der Waals surface area contributed by atoms with Gasteiger partial charge < -0.3 is 15.2 Å². The summed E-state index contributed by atoms with van der Waals surface area (Å²) in [7, 11) is 0. The second kappa shape index (κ2) is 6.94. The molecule has 2 N–H and O–H groups in total. The minimum absolute atomic E-state index is 0.0167. The lowest BCUT2D eigenvalue weighted by molar-refractivity contribution is -0.123. The van der Waals surface area contributed by atoms with Gasteiger partial charge in [-0.2, -0.15) is 0 Å². The molecule has 1 aliphatic rings. The summed E-state index contributed by atoms with van der Waals surface area (Å²) in [5.74, 6) is 0.706. The van der Waals surface area contributed by atoms with Crippen molar-refractivity contribution < 1.29 is 14.6 Å². The van der Waals surface area contributed by atoms with Crippen molar-refractivity contribution in [2.24, 2.45) is 0 Å². The van der Waals surface area contributed by atoms with Gasteiger partial charge in [-0.15, -0.1) is 0 Å². The fourth-order valence-corrected chi connectivity index (χ4v) is 2.91. The van der Waals surface area contributed by atoms with E-state index >= 15 is 0 Å². The number of hydrogen-bond acceptors (Lipinski definition) is 3. The predicted molar refractivity (Wildman–Crippen MR) is 82.3 cm³/mol. The summed E-state index contributed by atoms with van der Waals surface area (Å²) < 4.78 is 5.74. The number of carbonyl (C=O) groups is 1. The van der Waals surface area contributed by atoms with Crippen LogP contribution in [0.5, 0.6) is 5.75 Å². The number of aliphatic hydroxyl groups excluding tert-OH is 1. The van der Waals surface area contributed by atoms with Gasteiger partial charge in [0.2, 0.25) is 5.91 Å². The molecule has 0 radical (unpaired) electrons. The quantitative estimate of drug-likeness (QED) is 0.846. The third-order valence-corrected chi connectivity index (χ3v) is 3.95. The first-order valence-electron chi connectivity index (χ1n) is 7.71. The summed E-state index contributed by atoms with van der Waals surface area (Å²) in [4.78, 5) is 12.3. The fourth-order valence-electron chi connectivity index (χ4n) is 2.91. The van der Waals surface area contributed by atoms with E-state index in [2.05, 4.69) is 5.32 Å². The van der Waals surface area contributed by atoms with Crippen LogP contribution in [0, 0.1) is 0 Å². The zero-order valence-electron chi connectivity index (χ0n) is 12.9. The normalized spacial score (nSPS) is 17.0. The first kappa shape index (κ1) is 15.8. The highest BCUT2D eigenvalue weighted by atomic mass is 16.5. The van der Waals surface area contributed by atoms with E-state index < -0.39 is 5.54 Å². The number of benzene rings is 1. The molecule has 0 atom stereocenters. The minimum Gasteiger partial charge on any atom is -0.491 e. The van der Waals surface area contributed by atoms with Crippen LogP contribution >= 0.6 is 0 Å². The van der Waals surface area contributed by atoms with Crippen molar-refractivity contribution in [2.75, 3.05) is 6.61 Å². The van der Waals surface area contributed by atoms with Crippen LogP contribution in [0.25, 0.3) is 0 Å². The highest BCUT2D eigenvalue weighted by Gasteiger charge is 2.34. The topological polar surface area (TPSA) is 58.6 Å². The maximum Gasteiger partial charge on any atom is 0.225 e. The molecule has 1 saturated carbocycles. The maximum atomic E-state index is 12.3. The van der Waals surface area contributed by atoms with Crippen LogP contribution in [0.4, 0.5) is 0 Å². The summed E-state index contributed by atoms with van der Waals surface area (Å²) >= 11 is 0. The zero-order chi connectivity index (χ0) is 15.3. The fraction of sp³-hybridized carbons (Fsp3) is 0.588. The molecule has 0 aliphatic heterocycles. The number of para-hydroxylation sites is 1. The third kappa shape index (κ3) is 4.21. The van der Waals surface area contributed by atoms with E-state index in [0.717, 1.165) is 37.0 Å². The zero-order valence-corrected chi connectivity index (χ0v) is 12.9. The molecule has 1 aliphatic carbocycles. The van der Waals surface area contributed by atoms with Crippen LogP contribution in [0.2, 0.25) is 0 Å². The van der Waals surface area contributed by atoms with Gasteiger partial charge in [0.1, 0.15) is 5.75 Å². The van der Waals surface area contributed by atoms with E-state index in [1.165, 1.54) is 0 Å². The van der Waals surface area contributed by atoms with Crippen LogP contribution in [0.1, 0.15) is 45.1 Å². The molecule has 2 rings (SSSR count). The van der Waals surface area contributed by atoms with Crippen LogP contribution < -0.4 is 10.1 Å². The summed E-state index contributed by atoms with van der Waals surface area (Å²) in [6.07, 6.45) is 4.21. The first-order valence-corrected chi connectivity index (χ1v) is 7.71. The number of amides is 1. The van der Waals surface area contributed by atoms with E-state index in [4.69, 9.17) is 4.74 Å². The van der Waals surface area contributed by atoms with Crippen molar-refractivity contribution in [3.05, 3.63) is 29.8 Å². The molecule has 1 amide bonds. The van der Waals surface area contributed by atoms with Gasteiger partial charge in [0.05, 0.1) is 24.7 Å². The third-order valence-electron chi connectivity index (χ3n) is 3.95. The summed E-state index contributed by atoms with van der Waals surface area (Å²) in [5.41, 5.74) is 0.472. The molecular formula is C17H25NO3. The van der Waals surface area contributed by atoms with Gasteiger partial charge in [0, 0.05) is 5.56 Å². The molecule has 0 heterocycles. The van der Waals surface area contributed by atoms with E-state index in [1.54, 1.807) is 0 Å². The molecule has 1 aromatic rings. The highest BCUT2D eigenvalue weighted by Crippen LogP contribution is 2.29. The van der Waals surface area contributed by atoms with E-state index in [-0.39, 0.29) is 25.0 Å². The smallest absolute Gasteiger partial charge is 0.225 e. The Labute approximate surface area is 126 Å². The Morgan fingerprint density at radius 3 is 2.62 bits per heavy atom. The van der Waals surface area contributed by atoms with Crippen molar-refractivity contribution in [2.45, 2.75) is 57.6 Å². The Hall–Kier alpha value is -1.55. The lowest BCUT2D eigenvalue weighted by Crippen LogP contribution is -2.49. The van der Waals surface area contributed by atoms with Gasteiger partial charge in [0.25, 0.3) is 0 Å². The van der Waals surface area contributed by atoms with Gasteiger partial charge in [-0.25, -0.2) is 0 Å². The van der Waals surface area contributed by atoms with Gasteiger partial charge in [-0.1, -0.05) is 31.0 Å². The Bertz CT molecular complexity index is 479. The minimum atomic E-state index is -0.412. The average molecular weight is 291 g/mol. The number of rotatable bonds is 6. The number of nitrogens with one attached hydrogen (secondary N) is 1. The monoisotopic (exact) mass is 291 g/mol. The second-order valence-corrected chi connectivity index (χ2v) is 6.14. The lowest BCUT2D eigenvalue weighted by Gasteiger charge is -2.28. The molecule has 0 spiro atoms. The molecule has 1 aromatic carbocycles. The van der Waals surface area contributed by atoms with Gasteiger partial charge in [-0.05, 0) is 32.8 Å². The first-order chi connectivity index (χ1) is 10.0. The Balaban J connectivity index is 2.02. The van der Waals surface area contributed by atoms with Crippen molar-refractivity contribution in [3.63, 3.8) is 0 Å². The van der Waals surface area contributed by atoms with Crippen LogP contribution in [-0.2, 0) is 11.2 Å². The van der Waals surface area contributed by atoms with Crippen LogP contribution in [0.3, 0.4) is 0 Å². The lowest BCUT2D eigenvalue weighted by atomic mass is 9.98. The number of hydrogen-bond donors (Lipinski definition) is 2. The Morgan fingerprint density at radius 2 is 2.00 bits per heavy atom. The summed E-state index contributed by atoms with van der Waals surface area (Å²) in [6.45, 7) is 3.95. The molecule has 0 unspecified atom stereocenters. The van der Waals surface area contributed by atoms with Crippen molar-refractivity contribution >= 4 is 5.91 Å². The standard InChI is InChI=1S/C17H25NO3/c1-13(2)21-15-8-4-3-7-14(15)11-16(20)18-17(12-19)9-5-6-10-17/h3-4,7-8,13,19H,5-6,9-12H2,1-2H3,(H,18,20). The molecule has 0 aromatic heterocycles. The van der Waals surface area contributed by atoms with Crippen molar-refractivity contribution in [1.29, 1.82) is 0 Å². The largest absolute Gasteiger partial charge is 0.491 e. The second-order valence-electron chi connectivity index (χ2n) is 6.14. The summed E-state index contributed by atoms with van der Waals surface area (Å²) in [5, 5.41) is 12.6. The molecule has 4 nitrogen and oxygen atoms in total. The molecule has 21 heavy (non-hydrogen) atoms. The molecule has 4 heteroatoms. The van der Waals surface area contributed by atoms with Crippen molar-refractivity contribution in [1.82, 2.24) is 5.32 Å². The maximum absolute atomic E-state index is 12.3. The molecule has 1 fully saturated rings. The van der Waals surface area contributed by atoms with Gasteiger partial charge in [0.15, 0.2) is 0 Å². The SMILES string of the molecule is CC(C)Oc1ccccc1CC(=O)NC1(CO)CCCC1. The predicted octanol–water partition coefficient (Wildman–Crippen LogP) is 2.44. The molecular weight excluding hydrogens is 266 g/mol. The van der Waals surface area contributed by atoms with Crippen LogP contribution in [-0.4, -0.2) is 29.3 Å². The van der Waals surface area contributed by atoms with Crippen LogP contribution in [0.15, 0.2) is 24.3 Å². The van der Waals surface area contributed by atoms with Gasteiger partial charge in [-0.3, -0.25) is 4.79 Å². The van der Waals surface area contributed by atoms with E-state index in [1.807, 2.05) is 38.1 Å².